The highest BCUT2D eigenvalue weighted by Crippen LogP contribution is 2.28. The standard InChI is InChI=1S/C20H24FN3O2.C12H16ClN3O2.C7H8FN.2C5H10O2.2O2S/c1-12-3-4-14(18(21)5-12)6-19-13(2)20(23-11-22-19)26-17-7-15-9-25-10-16(8-17)24-15;1-7-11(13)14-6-15-12(7)18-10-2-8-4-17-5-9(3-10)16-8;1-5-2-3-7(9)6(8)4-5;2*1-5(2,3)7-4-6;2*1-3-2/h3-5,11,15-17,24H,6-10H2,1-2H3;6,8-10,16H,2-5H2,1H3;2-4H,9H2,1H3;2*4H,1-3H3;;. The Morgan fingerprint density at radius 2 is 1.05 bits per heavy atom. The van der Waals surface area contributed by atoms with E-state index in [0.717, 1.165) is 80.1 Å². The van der Waals surface area contributed by atoms with Crippen molar-refractivity contribution in [2.45, 2.75) is 149 Å². The van der Waals surface area contributed by atoms with Gasteiger partial charge in [-0.05, 0) is 104 Å². The molecule has 4 aliphatic heterocycles. The number of piperidine rings is 2. The summed E-state index contributed by atoms with van der Waals surface area (Å²) >= 11 is 4.46. The molecule has 4 atom stereocenters. The summed E-state index contributed by atoms with van der Waals surface area (Å²) in [6.07, 6.45) is 7.37. The molecule has 4 fully saturated rings. The number of nitrogens with one attached hydrogen (secondary N) is 2. The zero-order chi connectivity index (χ0) is 54.7. The first kappa shape index (κ1) is 63.7. The molecule has 4 unspecified atom stereocenters. The number of halogens is 3. The number of morpholine rings is 2. The average molecular weight is 1080 g/mol. The molecular formula is C49H68ClF2N7O12S2. The van der Waals surface area contributed by atoms with Crippen molar-refractivity contribution in [2.24, 2.45) is 0 Å². The van der Waals surface area contributed by atoms with E-state index in [9.17, 15) is 18.4 Å². The van der Waals surface area contributed by atoms with Crippen LogP contribution in [0, 0.1) is 39.3 Å². The Labute approximate surface area is 438 Å². The lowest BCUT2D eigenvalue weighted by molar-refractivity contribution is -0.139. The molecule has 404 valence electrons. The van der Waals surface area contributed by atoms with Gasteiger partial charge in [0.2, 0.25) is 11.8 Å². The smallest absolute Gasteiger partial charge is 0.335 e. The van der Waals surface area contributed by atoms with E-state index in [4.69, 9.17) is 53.1 Å². The quantitative estimate of drug-likeness (QED) is 0.0986. The van der Waals surface area contributed by atoms with Crippen molar-refractivity contribution in [3.63, 3.8) is 0 Å². The maximum absolute atomic E-state index is 14.2. The van der Waals surface area contributed by atoms with Gasteiger partial charge in [0.25, 0.3) is 12.9 Å². The largest absolute Gasteiger partial charge is 0.474 e. The van der Waals surface area contributed by atoms with E-state index in [2.05, 4.69) is 40.0 Å². The van der Waals surface area contributed by atoms with Crippen molar-refractivity contribution in [2.75, 3.05) is 32.2 Å². The van der Waals surface area contributed by atoms with Crippen molar-refractivity contribution in [1.29, 1.82) is 0 Å². The summed E-state index contributed by atoms with van der Waals surface area (Å²) in [6.45, 7) is 22.4. The van der Waals surface area contributed by atoms with Crippen molar-refractivity contribution in [3.05, 3.63) is 99.4 Å². The molecule has 0 amide bonds. The topological polar surface area (TPSA) is 259 Å². The van der Waals surface area contributed by atoms with Crippen molar-refractivity contribution >= 4 is 53.4 Å². The third-order valence-electron chi connectivity index (χ3n) is 10.6. The maximum Gasteiger partial charge on any atom is 0.335 e. The lowest BCUT2D eigenvalue weighted by Crippen LogP contribution is -2.56. The molecule has 73 heavy (non-hydrogen) atoms. The molecule has 2 aromatic heterocycles. The Morgan fingerprint density at radius 1 is 0.658 bits per heavy atom. The van der Waals surface area contributed by atoms with Gasteiger partial charge in [-0.15, -0.1) is 0 Å². The van der Waals surface area contributed by atoms with Gasteiger partial charge in [0.15, 0.2) is 0 Å². The molecule has 4 bridgehead atoms. The maximum atomic E-state index is 14.2. The Morgan fingerprint density at radius 3 is 1.42 bits per heavy atom. The third kappa shape index (κ3) is 25.4. The number of carbonyl (C=O) groups excluding carboxylic acids is 2. The molecule has 6 heterocycles. The number of benzene rings is 2. The third-order valence-corrected chi connectivity index (χ3v) is 11.0. The number of ether oxygens (including phenoxy) is 6. The van der Waals surface area contributed by atoms with Gasteiger partial charge in [0.1, 0.15) is 52.9 Å². The first-order chi connectivity index (χ1) is 34.4. The summed E-state index contributed by atoms with van der Waals surface area (Å²) in [6, 6.07) is 11.5. The van der Waals surface area contributed by atoms with Gasteiger partial charge in [-0.2, -0.15) is 16.8 Å². The van der Waals surface area contributed by atoms with Crippen molar-refractivity contribution in [1.82, 2.24) is 30.6 Å². The van der Waals surface area contributed by atoms with Gasteiger partial charge in [-0.3, -0.25) is 9.59 Å². The van der Waals surface area contributed by atoms with Gasteiger partial charge >= 0.3 is 23.1 Å². The Bertz CT molecular complexity index is 2350. The number of aryl methyl sites for hydroxylation is 2. The molecule has 4 aliphatic rings. The molecule has 19 nitrogen and oxygen atoms in total. The number of rotatable bonds is 8. The van der Waals surface area contributed by atoms with Crippen LogP contribution < -0.4 is 25.8 Å². The number of fused-ring (bicyclic) bond motifs is 4. The summed E-state index contributed by atoms with van der Waals surface area (Å²) in [5.74, 6) is 0.668. The monoisotopic (exact) mass is 1080 g/mol. The first-order valence-corrected chi connectivity index (χ1v) is 24.8. The molecule has 4 saturated heterocycles. The highest BCUT2D eigenvalue weighted by Gasteiger charge is 2.35. The second-order valence-electron chi connectivity index (χ2n) is 19.0. The minimum Gasteiger partial charge on any atom is -0.474 e. The molecule has 0 spiro atoms. The van der Waals surface area contributed by atoms with Gasteiger partial charge in [-0.25, -0.2) is 28.7 Å². The second-order valence-corrected chi connectivity index (χ2v) is 19.7. The van der Waals surface area contributed by atoms with Gasteiger partial charge < -0.3 is 44.8 Å². The summed E-state index contributed by atoms with van der Waals surface area (Å²) in [5, 5.41) is 7.55. The predicted molar refractivity (Wildman–Crippen MR) is 270 cm³/mol. The fourth-order valence-electron chi connectivity index (χ4n) is 7.27. The summed E-state index contributed by atoms with van der Waals surface area (Å²) in [4.78, 5) is 36.0. The number of hydrogen-bond acceptors (Lipinski definition) is 19. The molecule has 0 saturated carbocycles. The number of nitrogens with zero attached hydrogens (tertiary/aromatic N) is 4. The Balaban J connectivity index is 0.000000336. The lowest BCUT2D eigenvalue weighted by Gasteiger charge is -2.39. The van der Waals surface area contributed by atoms with Crippen molar-refractivity contribution < 1.29 is 63.6 Å². The molecule has 24 heteroatoms. The molecule has 4 aromatic rings. The molecular weight excluding hydrogens is 1020 g/mol. The van der Waals surface area contributed by atoms with E-state index in [-0.39, 0.29) is 40.7 Å². The van der Waals surface area contributed by atoms with Crippen LogP contribution in [0.5, 0.6) is 11.8 Å². The molecule has 0 radical (unpaired) electrons. The highest BCUT2D eigenvalue weighted by molar-refractivity contribution is 7.51. The van der Waals surface area contributed by atoms with E-state index in [0.29, 0.717) is 66.0 Å². The van der Waals surface area contributed by atoms with Gasteiger partial charge in [-0.1, -0.05) is 29.8 Å². The minimum atomic E-state index is -0.750. The van der Waals surface area contributed by atoms with Gasteiger partial charge in [0.05, 0.1) is 37.8 Å². The molecule has 0 aliphatic carbocycles. The van der Waals surface area contributed by atoms with E-state index < -0.39 is 23.1 Å². The van der Waals surface area contributed by atoms with Crippen LogP contribution in [0.25, 0.3) is 0 Å². The van der Waals surface area contributed by atoms with Gasteiger partial charge in [0, 0.05) is 67.4 Å². The number of carbonyl (C=O) groups is 2. The van der Waals surface area contributed by atoms with Crippen LogP contribution >= 0.6 is 11.6 Å². The predicted octanol–water partition coefficient (Wildman–Crippen LogP) is 6.35. The number of hydrogen-bond donors (Lipinski definition) is 3. The van der Waals surface area contributed by atoms with Crippen LogP contribution in [-0.2, 0) is 58.1 Å². The van der Waals surface area contributed by atoms with E-state index >= 15 is 0 Å². The number of nitrogens with two attached hydrogens (primary N) is 1. The van der Waals surface area contributed by atoms with Crippen LogP contribution in [-0.4, -0.2) is 124 Å². The van der Waals surface area contributed by atoms with Crippen LogP contribution in [0.2, 0.25) is 5.15 Å². The average Bonchev–Trinajstić information content (AvgIpc) is 3.29. The zero-order valence-electron chi connectivity index (χ0n) is 42.8. The van der Waals surface area contributed by atoms with Crippen LogP contribution in [0.1, 0.15) is 101 Å². The zero-order valence-corrected chi connectivity index (χ0v) is 45.2. The molecule has 8 rings (SSSR count). The van der Waals surface area contributed by atoms with Crippen LogP contribution in [0.15, 0.2) is 49.1 Å². The SMILES string of the molecule is CC(C)(C)OC=O.CC(C)(C)OC=O.Cc1c(Cl)ncnc1OC1CC2COCC(C1)N2.Cc1ccc(Cc2ncnc(OC3CC4COCC(C3)N4)c2C)c(F)c1.Cc1ccc(N)c(F)c1.O=S=O.O=S=O. The van der Waals surface area contributed by atoms with Crippen LogP contribution in [0.4, 0.5) is 14.5 Å². The number of nitrogen functional groups attached to an aromatic ring is 1. The van der Waals surface area contributed by atoms with Crippen LogP contribution in [0.3, 0.4) is 0 Å². The Hall–Kier alpha value is -5.43. The fourth-order valence-corrected chi connectivity index (χ4v) is 7.40. The summed E-state index contributed by atoms with van der Waals surface area (Å²) in [5.41, 5.74) is 9.71. The number of anilines is 1. The second kappa shape index (κ2) is 32.7. The van der Waals surface area contributed by atoms with E-state index in [1.807, 2.05) is 81.4 Å². The highest BCUT2D eigenvalue weighted by atomic mass is 35.5. The number of aromatic nitrogens is 4. The lowest BCUT2D eigenvalue weighted by atomic mass is 9.94. The fraction of sp³-hybridized carbons (Fsp3) is 0.551. The Kier molecular flexibility index (Phi) is 28.5. The minimum absolute atomic E-state index is 0.118. The van der Waals surface area contributed by atoms with E-state index in [1.165, 1.54) is 18.7 Å². The van der Waals surface area contributed by atoms with Crippen molar-refractivity contribution in [3.8, 4) is 11.8 Å². The molecule has 2 aromatic carbocycles. The molecule has 4 N–H and O–H groups in total. The normalized spacial score (nSPS) is 20.2. The van der Waals surface area contributed by atoms with E-state index in [1.54, 1.807) is 18.2 Å². The summed E-state index contributed by atoms with van der Waals surface area (Å²) in [7, 11) is 0. The first-order valence-electron chi connectivity index (χ1n) is 23.1. The summed E-state index contributed by atoms with van der Waals surface area (Å²) < 4.78 is 92.2.